The molecule has 2 amide bonds. The Morgan fingerprint density at radius 1 is 1.10 bits per heavy atom. The highest BCUT2D eigenvalue weighted by molar-refractivity contribution is 6.30. The Morgan fingerprint density at radius 2 is 1.83 bits per heavy atom. The molecule has 4 rings (SSSR count). The number of anilines is 3. The molecule has 0 aliphatic carbocycles. The summed E-state index contributed by atoms with van der Waals surface area (Å²) in [6, 6.07) is 16.2. The van der Waals surface area contributed by atoms with E-state index in [1.807, 2.05) is 30.3 Å². The molecule has 152 valence electrons. The van der Waals surface area contributed by atoms with E-state index in [0.717, 1.165) is 5.56 Å². The monoisotopic (exact) mass is 423 g/mol. The van der Waals surface area contributed by atoms with E-state index >= 15 is 0 Å². The van der Waals surface area contributed by atoms with Gasteiger partial charge in [-0.1, -0.05) is 41.9 Å². The SMILES string of the molecule is O=C1CC(C(=O)NCc2ccccc2)c2c(nc(Nc3ccc(Cl)cc3)[nH]c2=O)N1. The molecule has 2 heterocycles. The van der Waals surface area contributed by atoms with Crippen LogP contribution < -0.4 is 21.5 Å². The average molecular weight is 424 g/mol. The number of rotatable bonds is 5. The minimum Gasteiger partial charge on any atom is -0.351 e. The van der Waals surface area contributed by atoms with E-state index in [1.165, 1.54) is 0 Å². The normalized spacial score (nSPS) is 15.1. The smallest absolute Gasteiger partial charge is 0.258 e. The maximum Gasteiger partial charge on any atom is 0.258 e. The molecular weight excluding hydrogens is 406 g/mol. The van der Waals surface area contributed by atoms with Crippen molar-refractivity contribution in [1.82, 2.24) is 15.3 Å². The molecule has 2 aromatic carbocycles. The standard InChI is InChI=1S/C21H18ClN5O3/c22-13-6-8-14(9-7-13)24-21-26-18-17(20(30)27-21)15(10-16(28)25-18)19(29)23-11-12-4-2-1-3-5-12/h1-9,15H,10-11H2,(H,23,29)(H3,24,25,26,27,28,30). The number of halogens is 1. The van der Waals surface area contributed by atoms with Crippen molar-refractivity contribution in [2.45, 2.75) is 18.9 Å². The van der Waals surface area contributed by atoms with Crippen molar-refractivity contribution in [3.63, 3.8) is 0 Å². The lowest BCUT2D eigenvalue weighted by molar-refractivity contribution is -0.126. The van der Waals surface area contributed by atoms with Crippen molar-refractivity contribution < 1.29 is 9.59 Å². The largest absolute Gasteiger partial charge is 0.351 e. The van der Waals surface area contributed by atoms with E-state index in [9.17, 15) is 14.4 Å². The molecular formula is C21H18ClN5O3. The fourth-order valence-electron chi connectivity index (χ4n) is 3.23. The summed E-state index contributed by atoms with van der Waals surface area (Å²) in [7, 11) is 0. The van der Waals surface area contributed by atoms with E-state index < -0.39 is 17.4 Å². The Hall–Kier alpha value is -3.65. The molecule has 0 saturated heterocycles. The number of amides is 2. The number of carbonyl (C=O) groups is 2. The minimum atomic E-state index is -0.918. The lowest BCUT2D eigenvalue weighted by Gasteiger charge is -2.23. The van der Waals surface area contributed by atoms with Crippen molar-refractivity contribution in [2.24, 2.45) is 0 Å². The van der Waals surface area contributed by atoms with Gasteiger partial charge >= 0.3 is 0 Å². The second-order valence-electron chi connectivity index (χ2n) is 6.82. The molecule has 0 spiro atoms. The molecule has 9 heteroatoms. The fourth-order valence-corrected chi connectivity index (χ4v) is 3.36. The van der Waals surface area contributed by atoms with Crippen LogP contribution in [0.2, 0.25) is 5.02 Å². The van der Waals surface area contributed by atoms with Gasteiger partial charge in [0.25, 0.3) is 5.56 Å². The zero-order chi connectivity index (χ0) is 21.1. The number of hydrogen-bond donors (Lipinski definition) is 4. The van der Waals surface area contributed by atoms with E-state index in [1.54, 1.807) is 24.3 Å². The maximum absolute atomic E-state index is 12.7. The van der Waals surface area contributed by atoms with Gasteiger partial charge in [0, 0.05) is 23.7 Å². The zero-order valence-corrected chi connectivity index (χ0v) is 16.5. The second-order valence-corrected chi connectivity index (χ2v) is 7.25. The number of carbonyl (C=O) groups excluding carboxylic acids is 2. The van der Waals surface area contributed by atoms with Crippen LogP contribution >= 0.6 is 11.6 Å². The maximum atomic E-state index is 12.7. The zero-order valence-electron chi connectivity index (χ0n) is 15.7. The summed E-state index contributed by atoms with van der Waals surface area (Å²) in [4.78, 5) is 44.5. The van der Waals surface area contributed by atoms with Gasteiger partial charge in [-0.05, 0) is 29.8 Å². The van der Waals surface area contributed by atoms with Crippen molar-refractivity contribution >= 4 is 40.9 Å². The van der Waals surface area contributed by atoms with Crippen molar-refractivity contribution in [3.8, 4) is 0 Å². The summed E-state index contributed by atoms with van der Waals surface area (Å²) in [5.74, 6) is -1.48. The molecule has 0 radical (unpaired) electrons. The Bertz CT molecular complexity index is 1150. The second kappa shape index (κ2) is 8.38. The van der Waals surface area contributed by atoms with Gasteiger partial charge in [0.1, 0.15) is 5.82 Å². The van der Waals surface area contributed by atoms with Crippen LogP contribution in [0, 0.1) is 0 Å². The van der Waals surface area contributed by atoms with Crippen molar-refractivity contribution in [1.29, 1.82) is 0 Å². The van der Waals surface area contributed by atoms with Crippen LogP contribution in [-0.4, -0.2) is 21.8 Å². The molecule has 4 N–H and O–H groups in total. The third kappa shape index (κ3) is 4.33. The van der Waals surface area contributed by atoms with Gasteiger partial charge in [0.15, 0.2) is 0 Å². The fraction of sp³-hybridized carbons (Fsp3) is 0.143. The van der Waals surface area contributed by atoms with E-state index in [2.05, 4.69) is 25.9 Å². The highest BCUT2D eigenvalue weighted by Gasteiger charge is 2.34. The number of aromatic amines is 1. The third-order valence-corrected chi connectivity index (χ3v) is 4.94. The van der Waals surface area contributed by atoms with Gasteiger partial charge in [-0.3, -0.25) is 19.4 Å². The number of fused-ring (bicyclic) bond motifs is 1. The lowest BCUT2D eigenvalue weighted by Crippen LogP contribution is -2.39. The quantitative estimate of drug-likeness (QED) is 0.503. The summed E-state index contributed by atoms with van der Waals surface area (Å²) in [5, 5.41) is 8.90. The molecule has 1 aliphatic rings. The summed E-state index contributed by atoms with van der Waals surface area (Å²) >= 11 is 5.87. The highest BCUT2D eigenvalue weighted by Crippen LogP contribution is 2.29. The first-order valence-corrected chi connectivity index (χ1v) is 9.65. The minimum absolute atomic E-state index is 0.0753. The Morgan fingerprint density at radius 3 is 2.57 bits per heavy atom. The number of benzene rings is 2. The molecule has 0 saturated carbocycles. The van der Waals surface area contributed by atoms with E-state index in [0.29, 0.717) is 17.3 Å². The molecule has 0 fully saturated rings. The molecule has 8 nitrogen and oxygen atoms in total. The Kier molecular flexibility index (Phi) is 5.49. The van der Waals surface area contributed by atoms with Gasteiger partial charge in [0.2, 0.25) is 17.8 Å². The van der Waals surface area contributed by atoms with E-state index in [-0.39, 0.29) is 29.7 Å². The summed E-state index contributed by atoms with van der Waals surface area (Å²) < 4.78 is 0. The predicted octanol–water partition coefficient (Wildman–Crippen LogP) is 2.91. The van der Waals surface area contributed by atoms with Crippen molar-refractivity contribution in [3.05, 3.63) is 81.1 Å². The number of nitrogens with one attached hydrogen (secondary N) is 4. The van der Waals surface area contributed by atoms with E-state index in [4.69, 9.17) is 11.6 Å². The van der Waals surface area contributed by atoms with Crippen LogP contribution in [-0.2, 0) is 16.1 Å². The number of hydrogen-bond acceptors (Lipinski definition) is 5. The average Bonchev–Trinajstić information content (AvgIpc) is 2.73. The van der Waals surface area contributed by atoms with Crippen LogP contribution in [0.4, 0.5) is 17.5 Å². The third-order valence-electron chi connectivity index (χ3n) is 4.68. The van der Waals surface area contributed by atoms with Crippen LogP contribution in [0.3, 0.4) is 0 Å². The van der Waals surface area contributed by atoms with Crippen LogP contribution in [0.5, 0.6) is 0 Å². The van der Waals surface area contributed by atoms with Crippen molar-refractivity contribution in [2.75, 3.05) is 10.6 Å². The van der Waals surface area contributed by atoms with Gasteiger partial charge in [-0.15, -0.1) is 0 Å². The molecule has 0 bridgehead atoms. The molecule has 1 atom stereocenters. The lowest BCUT2D eigenvalue weighted by atomic mass is 9.92. The van der Waals surface area contributed by atoms with Crippen LogP contribution in [0.25, 0.3) is 0 Å². The summed E-state index contributed by atoms with van der Waals surface area (Å²) in [6.45, 7) is 0.300. The summed E-state index contributed by atoms with van der Waals surface area (Å²) in [6.07, 6.45) is -0.123. The molecule has 1 aromatic heterocycles. The Balaban J connectivity index is 1.57. The molecule has 30 heavy (non-hydrogen) atoms. The topological polar surface area (TPSA) is 116 Å². The molecule has 1 unspecified atom stereocenters. The highest BCUT2D eigenvalue weighted by atomic mass is 35.5. The van der Waals surface area contributed by atoms with Gasteiger partial charge in [-0.2, -0.15) is 4.98 Å². The first-order valence-electron chi connectivity index (χ1n) is 9.28. The van der Waals surface area contributed by atoms with Gasteiger partial charge in [-0.25, -0.2) is 0 Å². The van der Waals surface area contributed by atoms with Gasteiger partial charge in [0.05, 0.1) is 11.5 Å². The van der Waals surface area contributed by atoms with Crippen LogP contribution in [0.1, 0.15) is 23.5 Å². The van der Waals surface area contributed by atoms with Crippen LogP contribution in [0.15, 0.2) is 59.4 Å². The summed E-state index contributed by atoms with van der Waals surface area (Å²) in [5.41, 5.74) is 1.22. The number of aromatic nitrogens is 2. The predicted molar refractivity (Wildman–Crippen MR) is 114 cm³/mol. The molecule has 1 aliphatic heterocycles. The number of nitrogens with zero attached hydrogens (tertiary/aromatic N) is 1. The first kappa shape index (κ1) is 19.7. The van der Waals surface area contributed by atoms with Gasteiger partial charge < -0.3 is 16.0 Å². The molecule has 3 aromatic rings. The first-order chi connectivity index (χ1) is 14.5. The Labute approximate surface area is 176 Å². The number of H-pyrrole nitrogens is 1.